The average Bonchev–Trinajstić information content (AvgIpc) is 3.24. The van der Waals surface area contributed by atoms with Crippen molar-refractivity contribution in [1.82, 2.24) is 19.8 Å². The minimum atomic E-state index is -3.37. The van der Waals surface area contributed by atoms with Crippen LogP contribution in [0.2, 0.25) is 0 Å². The Morgan fingerprint density at radius 3 is 2.29 bits per heavy atom. The van der Waals surface area contributed by atoms with E-state index >= 15 is 0 Å². The summed E-state index contributed by atoms with van der Waals surface area (Å²) in [6.45, 7) is 6.76. The zero-order valence-electron chi connectivity index (χ0n) is 16.3. The van der Waals surface area contributed by atoms with Crippen LogP contribution >= 0.6 is 0 Å². The first-order valence-corrected chi connectivity index (χ1v) is 11.6. The predicted octanol–water partition coefficient (Wildman–Crippen LogP) is -1.32. The molecule has 0 saturated carbocycles. The highest BCUT2D eigenvalue weighted by Gasteiger charge is 2.32. The smallest absolute Gasteiger partial charge is 0.314 e. The van der Waals surface area contributed by atoms with Gasteiger partial charge in [-0.15, -0.1) is 0 Å². The van der Waals surface area contributed by atoms with E-state index < -0.39 is 10.0 Å². The van der Waals surface area contributed by atoms with Crippen LogP contribution in [0.5, 0.6) is 0 Å². The fourth-order valence-electron chi connectivity index (χ4n) is 3.87. The van der Waals surface area contributed by atoms with Crippen molar-refractivity contribution in [3.05, 3.63) is 0 Å². The molecule has 3 heterocycles. The number of ether oxygens (including phenoxy) is 3. The van der Waals surface area contributed by atoms with Crippen LogP contribution in [0.4, 0.5) is 4.79 Å². The van der Waals surface area contributed by atoms with Crippen LogP contribution in [0, 0.1) is 5.92 Å². The molecule has 0 aliphatic carbocycles. The van der Waals surface area contributed by atoms with Crippen LogP contribution in [0.3, 0.4) is 0 Å². The van der Waals surface area contributed by atoms with Crippen LogP contribution in [0.1, 0.15) is 6.42 Å². The normalized spacial score (nSPS) is 26.1. The molecule has 2 amide bonds. The molecule has 0 spiro atoms. The number of urea groups is 1. The molecule has 11 heteroatoms. The van der Waals surface area contributed by atoms with E-state index in [1.54, 1.807) is 0 Å². The number of carbonyl (C=O) groups excluding carboxylic acids is 1. The van der Waals surface area contributed by atoms with Gasteiger partial charge in [0.25, 0.3) is 0 Å². The molecule has 28 heavy (non-hydrogen) atoms. The summed E-state index contributed by atoms with van der Waals surface area (Å²) in [7, 11) is -3.37. The van der Waals surface area contributed by atoms with Gasteiger partial charge in [0.05, 0.1) is 38.8 Å². The van der Waals surface area contributed by atoms with Crippen molar-refractivity contribution in [2.24, 2.45) is 5.92 Å². The summed E-state index contributed by atoms with van der Waals surface area (Å²) < 4.78 is 42.1. The summed E-state index contributed by atoms with van der Waals surface area (Å²) in [4.78, 5) is 14.5. The van der Waals surface area contributed by atoms with Crippen molar-refractivity contribution in [2.75, 3.05) is 84.7 Å². The van der Waals surface area contributed by atoms with Crippen LogP contribution in [-0.2, 0) is 24.2 Å². The van der Waals surface area contributed by atoms with E-state index in [2.05, 4.69) is 15.5 Å². The molecule has 3 saturated heterocycles. The minimum Gasteiger partial charge on any atom is -0.381 e. The van der Waals surface area contributed by atoms with Gasteiger partial charge in [0.1, 0.15) is 0 Å². The number of nitrogens with one attached hydrogen (secondary N) is 2. The number of hydrogen-bond donors (Lipinski definition) is 2. The van der Waals surface area contributed by atoms with E-state index in [1.165, 1.54) is 4.31 Å². The summed E-state index contributed by atoms with van der Waals surface area (Å²) in [5.41, 5.74) is 0. The lowest BCUT2D eigenvalue weighted by molar-refractivity contribution is 0.00213. The maximum Gasteiger partial charge on any atom is 0.314 e. The molecular formula is C17H32N4O6S. The number of amides is 2. The minimum absolute atomic E-state index is 0.0836. The van der Waals surface area contributed by atoms with Crippen molar-refractivity contribution in [1.29, 1.82) is 0 Å². The molecule has 3 aliphatic rings. The molecule has 10 nitrogen and oxygen atoms in total. The number of carbonyl (C=O) groups is 1. The third kappa shape index (κ3) is 6.26. The Hall–Kier alpha value is -0.980. The van der Waals surface area contributed by atoms with E-state index in [4.69, 9.17) is 14.2 Å². The van der Waals surface area contributed by atoms with Crippen LogP contribution in [0.25, 0.3) is 0 Å². The molecule has 3 rings (SSSR count). The van der Waals surface area contributed by atoms with Gasteiger partial charge in [0, 0.05) is 57.8 Å². The molecular weight excluding hydrogens is 388 g/mol. The van der Waals surface area contributed by atoms with Gasteiger partial charge in [0.2, 0.25) is 10.0 Å². The highest BCUT2D eigenvalue weighted by Crippen LogP contribution is 2.21. The Balaban J connectivity index is 1.41. The second-order valence-electron chi connectivity index (χ2n) is 7.30. The zero-order chi connectivity index (χ0) is 19.8. The Labute approximate surface area is 166 Å². The van der Waals surface area contributed by atoms with Crippen LogP contribution in [-0.4, -0.2) is 114 Å². The van der Waals surface area contributed by atoms with Crippen molar-refractivity contribution < 1.29 is 27.4 Å². The standard InChI is InChI=1S/C17H32N4O6S/c22-17(18-2-12-28(23,24)21-5-10-26-11-6-21)19-13-16(15-1-7-27-14-15)20-3-8-25-9-4-20/h15-16H,1-14H2,(H2,18,19,22). The first kappa shape index (κ1) is 21.7. The van der Waals surface area contributed by atoms with Gasteiger partial charge >= 0.3 is 6.03 Å². The lowest BCUT2D eigenvalue weighted by Crippen LogP contribution is -2.53. The molecule has 3 fully saturated rings. The monoisotopic (exact) mass is 420 g/mol. The fraction of sp³-hybridized carbons (Fsp3) is 0.941. The van der Waals surface area contributed by atoms with Crippen molar-refractivity contribution in [3.63, 3.8) is 0 Å². The quantitative estimate of drug-likeness (QED) is 0.502. The highest BCUT2D eigenvalue weighted by molar-refractivity contribution is 7.89. The van der Waals surface area contributed by atoms with Gasteiger partial charge in [-0.05, 0) is 6.42 Å². The summed E-state index contributed by atoms with van der Waals surface area (Å²) in [6.07, 6.45) is 0.989. The zero-order valence-corrected chi connectivity index (χ0v) is 17.1. The topological polar surface area (TPSA) is 109 Å². The molecule has 162 valence electrons. The largest absolute Gasteiger partial charge is 0.381 e. The predicted molar refractivity (Wildman–Crippen MR) is 103 cm³/mol. The van der Waals surface area contributed by atoms with Crippen LogP contribution in [0.15, 0.2) is 0 Å². The number of nitrogens with zero attached hydrogens (tertiary/aromatic N) is 2. The fourth-order valence-corrected chi connectivity index (χ4v) is 5.19. The van der Waals surface area contributed by atoms with Crippen molar-refractivity contribution in [2.45, 2.75) is 12.5 Å². The number of rotatable bonds is 8. The third-order valence-corrected chi connectivity index (χ3v) is 7.38. The summed E-state index contributed by atoms with van der Waals surface area (Å²) >= 11 is 0. The second-order valence-corrected chi connectivity index (χ2v) is 9.39. The first-order chi connectivity index (χ1) is 13.6. The van der Waals surface area contributed by atoms with E-state index in [1.807, 2.05) is 0 Å². The molecule has 2 N–H and O–H groups in total. The average molecular weight is 421 g/mol. The third-order valence-electron chi connectivity index (χ3n) is 5.50. The molecule has 0 radical (unpaired) electrons. The van der Waals surface area contributed by atoms with Gasteiger partial charge in [-0.3, -0.25) is 4.90 Å². The number of sulfonamides is 1. The molecule has 0 bridgehead atoms. The molecule has 3 aliphatic heterocycles. The summed E-state index contributed by atoms with van der Waals surface area (Å²) in [6, 6.07) is -0.136. The molecule has 2 atom stereocenters. The highest BCUT2D eigenvalue weighted by atomic mass is 32.2. The van der Waals surface area contributed by atoms with Gasteiger partial charge < -0.3 is 24.8 Å². The first-order valence-electron chi connectivity index (χ1n) is 10.0. The SMILES string of the molecule is O=C(NCCS(=O)(=O)N1CCOCC1)NCC(C1CCOC1)N1CCOCC1. The van der Waals surface area contributed by atoms with Crippen molar-refractivity contribution in [3.8, 4) is 0 Å². The lowest BCUT2D eigenvalue weighted by Gasteiger charge is -2.37. The van der Waals surface area contributed by atoms with Gasteiger partial charge in [-0.1, -0.05) is 0 Å². The van der Waals surface area contributed by atoms with Crippen molar-refractivity contribution >= 4 is 16.1 Å². The Bertz CT molecular complexity index is 586. The Morgan fingerprint density at radius 1 is 0.964 bits per heavy atom. The van der Waals surface area contributed by atoms with Gasteiger partial charge in [-0.2, -0.15) is 4.31 Å². The molecule has 0 aromatic heterocycles. The maximum absolute atomic E-state index is 12.3. The summed E-state index contributed by atoms with van der Waals surface area (Å²) in [5, 5.41) is 5.57. The van der Waals surface area contributed by atoms with E-state index in [-0.39, 0.29) is 24.4 Å². The molecule has 0 aromatic rings. The second kappa shape index (κ2) is 10.7. The van der Waals surface area contributed by atoms with Gasteiger partial charge in [-0.25, -0.2) is 13.2 Å². The lowest BCUT2D eigenvalue weighted by atomic mass is 9.97. The molecule has 2 unspecified atom stereocenters. The summed E-state index contributed by atoms with van der Waals surface area (Å²) in [5.74, 6) is 0.282. The van der Waals surface area contributed by atoms with E-state index in [9.17, 15) is 13.2 Å². The Kier molecular flexibility index (Phi) is 8.30. The van der Waals surface area contributed by atoms with Gasteiger partial charge in [0.15, 0.2) is 0 Å². The van der Waals surface area contributed by atoms with E-state index in [0.29, 0.717) is 58.6 Å². The maximum atomic E-state index is 12.3. The van der Waals surface area contributed by atoms with E-state index in [0.717, 1.165) is 26.1 Å². The molecule has 0 aromatic carbocycles. The van der Waals surface area contributed by atoms with Crippen LogP contribution < -0.4 is 10.6 Å². The number of morpholine rings is 2. The Morgan fingerprint density at radius 2 is 1.64 bits per heavy atom. The number of hydrogen-bond acceptors (Lipinski definition) is 7.